The lowest BCUT2D eigenvalue weighted by Crippen LogP contribution is -2.16. The van der Waals surface area contributed by atoms with E-state index in [1.54, 1.807) is 0 Å². The van der Waals surface area contributed by atoms with Gasteiger partial charge in [0.2, 0.25) is 0 Å². The monoisotopic (exact) mass is 162 g/mol. The molecule has 0 aromatic heterocycles. The van der Waals surface area contributed by atoms with Crippen LogP contribution in [-0.4, -0.2) is 11.2 Å². The first kappa shape index (κ1) is 9.09. The molecule has 1 heteroatoms. The van der Waals surface area contributed by atoms with Crippen molar-refractivity contribution in [2.24, 2.45) is 5.92 Å². The Morgan fingerprint density at radius 2 is 2.42 bits per heavy atom. The quantitative estimate of drug-likeness (QED) is 0.584. The van der Waals surface area contributed by atoms with Crippen LogP contribution in [0.3, 0.4) is 0 Å². The van der Waals surface area contributed by atoms with Crippen molar-refractivity contribution in [3.8, 4) is 11.8 Å². The van der Waals surface area contributed by atoms with Crippen LogP contribution in [-0.2, 0) is 0 Å². The molecular formula is C11H14O. The molecule has 1 aliphatic rings. The molecule has 64 valence electrons. The van der Waals surface area contributed by atoms with Crippen LogP contribution in [0.25, 0.3) is 0 Å². The fourth-order valence-electron chi connectivity index (χ4n) is 1.15. The first-order chi connectivity index (χ1) is 5.84. The van der Waals surface area contributed by atoms with Crippen molar-refractivity contribution in [2.75, 3.05) is 0 Å². The summed E-state index contributed by atoms with van der Waals surface area (Å²) < 4.78 is 0. The zero-order valence-electron chi connectivity index (χ0n) is 7.33. The molecular weight excluding hydrogens is 148 g/mol. The zero-order chi connectivity index (χ0) is 8.81. The Kier molecular flexibility index (Phi) is 3.63. The SMILES string of the molecule is CCC#C[C@@H](O)[C@H]1C=CC=CC1. The van der Waals surface area contributed by atoms with Crippen molar-refractivity contribution in [3.63, 3.8) is 0 Å². The number of hydrogen-bond acceptors (Lipinski definition) is 1. The zero-order valence-corrected chi connectivity index (χ0v) is 7.33. The molecule has 0 unspecified atom stereocenters. The van der Waals surface area contributed by atoms with E-state index in [9.17, 15) is 5.11 Å². The molecule has 1 rings (SSSR count). The third kappa shape index (κ3) is 2.56. The summed E-state index contributed by atoms with van der Waals surface area (Å²) in [7, 11) is 0. The molecule has 0 spiro atoms. The Labute approximate surface area is 73.8 Å². The molecule has 0 amide bonds. The number of allylic oxidation sites excluding steroid dienone is 3. The lowest BCUT2D eigenvalue weighted by molar-refractivity contribution is 0.186. The molecule has 0 heterocycles. The van der Waals surface area contributed by atoms with Crippen LogP contribution >= 0.6 is 0 Å². The van der Waals surface area contributed by atoms with Gasteiger partial charge in [-0.2, -0.15) is 0 Å². The Morgan fingerprint density at radius 1 is 1.58 bits per heavy atom. The predicted molar refractivity (Wildman–Crippen MR) is 50.5 cm³/mol. The summed E-state index contributed by atoms with van der Waals surface area (Å²) in [5.41, 5.74) is 0. The van der Waals surface area contributed by atoms with Crippen LogP contribution in [0, 0.1) is 17.8 Å². The van der Waals surface area contributed by atoms with Gasteiger partial charge in [0.05, 0.1) is 0 Å². The molecule has 0 aliphatic heterocycles. The second kappa shape index (κ2) is 4.79. The summed E-state index contributed by atoms with van der Waals surface area (Å²) in [5.74, 6) is 5.90. The summed E-state index contributed by atoms with van der Waals surface area (Å²) in [6.45, 7) is 1.98. The normalized spacial score (nSPS) is 23.0. The molecule has 0 bridgehead atoms. The van der Waals surface area contributed by atoms with Crippen molar-refractivity contribution in [3.05, 3.63) is 24.3 Å². The maximum Gasteiger partial charge on any atom is 0.121 e. The highest BCUT2D eigenvalue weighted by molar-refractivity contribution is 5.17. The van der Waals surface area contributed by atoms with Gasteiger partial charge >= 0.3 is 0 Å². The topological polar surface area (TPSA) is 20.2 Å². The fourth-order valence-corrected chi connectivity index (χ4v) is 1.15. The maximum atomic E-state index is 9.55. The summed E-state index contributed by atoms with van der Waals surface area (Å²) in [4.78, 5) is 0. The minimum Gasteiger partial charge on any atom is -0.380 e. The molecule has 1 N–H and O–H groups in total. The van der Waals surface area contributed by atoms with Crippen molar-refractivity contribution in [2.45, 2.75) is 25.9 Å². The van der Waals surface area contributed by atoms with Gasteiger partial charge in [0.25, 0.3) is 0 Å². The highest BCUT2D eigenvalue weighted by Gasteiger charge is 2.13. The van der Waals surface area contributed by atoms with Gasteiger partial charge in [0.15, 0.2) is 0 Å². The minimum atomic E-state index is -0.494. The smallest absolute Gasteiger partial charge is 0.121 e. The Bertz CT molecular complexity index is 239. The molecule has 0 saturated carbocycles. The summed E-state index contributed by atoms with van der Waals surface area (Å²) in [5, 5.41) is 9.55. The van der Waals surface area contributed by atoms with Crippen LogP contribution < -0.4 is 0 Å². The van der Waals surface area contributed by atoms with Gasteiger partial charge < -0.3 is 5.11 Å². The van der Waals surface area contributed by atoms with Crippen molar-refractivity contribution >= 4 is 0 Å². The van der Waals surface area contributed by atoms with E-state index in [1.165, 1.54) is 0 Å². The van der Waals surface area contributed by atoms with Gasteiger partial charge in [-0.25, -0.2) is 0 Å². The van der Waals surface area contributed by atoms with Crippen LogP contribution in [0.2, 0.25) is 0 Å². The van der Waals surface area contributed by atoms with E-state index in [0.717, 1.165) is 12.8 Å². The molecule has 0 saturated heterocycles. The van der Waals surface area contributed by atoms with Crippen molar-refractivity contribution in [1.82, 2.24) is 0 Å². The number of aliphatic hydroxyl groups excluding tert-OH is 1. The first-order valence-corrected chi connectivity index (χ1v) is 4.34. The Hall–Kier alpha value is -1.00. The summed E-state index contributed by atoms with van der Waals surface area (Å²) in [6, 6.07) is 0. The molecule has 0 fully saturated rings. The lowest BCUT2D eigenvalue weighted by Gasteiger charge is -2.14. The second-order valence-corrected chi connectivity index (χ2v) is 2.83. The van der Waals surface area contributed by atoms with E-state index in [2.05, 4.69) is 17.9 Å². The number of hydrogen-bond donors (Lipinski definition) is 1. The third-order valence-corrected chi connectivity index (χ3v) is 1.85. The van der Waals surface area contributed by atoms with Crippen LogP contribution in [0.4, 0.5) is 0 Å². The maximum absolute atomic E-state index is 9.55. The molecule has 12 heavy (non-hydrogen) atoms. The molecule has 1 aliphatic carbocycles. The lowest BCUT2D eigenvalue weighted by atomic mass is 9.95. The second-order valence-electron chi connectivity index (χ2n) is 2.83. The standard InChI is InChI=1S/C11H14O/c1-2-3-9-11(12)10-7-5-4-6-8-10/h4-7,10-12H,2,8H2,1H3/t10-,11+/m0/s1. The average molecular weight is 162 g/mol. The van der Waals surface area contributed by atoms with Crippen molar-refractivity contribution in [1.29, 1.82) is 0 Å². The van der Waals surface area contributed by atoms with Crippen LogP contribution in [0.5, 0.6) is 0 Å². The molecule has 2 atom stereocenters. The van der Waals surface area contributed by atoms with E-state index < -0.39 is 6.10 Å². The average Bonchev–Trinajstić information content (AvgIpc) is 2.15. The van der Waals surface area contributed by atoms with E-state index in [-0.39, 0.29) is 5.92 Å². The third-order valence-electron chi connectivity index (χ3n) is 1.85. The molecule has 0 radical (unpaired) electrons. The molecule has 0 aromatic carbocycles. The van der Waals surface area contributed by atoms with Crippen LogP contribution in [0.1, 0.15) is 19.8 Å². The predicted octanol–water partition coefficient (Wildman–Crippen LogP) is 1.89. The summed E-state index contributed by atoms with van der Waals surface area (Å²) in [6.07, 6.45) is 9.24. The highest BCUT2D eigenvalue weighted by atomic mass is 16.3. The van der Waals surface area contributed by atoms with E-state index in [1.807, 2.05) is 25.2 Å². The number of aliphatic hydroxyl groups is 1. The fraction of sp³-hybridized carbons (Fsp3) is 0.455. The van der Waals surface area contributed by atoms with Crippen molar-refractivity contribution < 1.29 is 5.11 Å². The first-order valence-electron chi connectivity index (χ1n) is 4.34. The summed E-state index contributed by atoms with van der Waals surface area (Å²) >= 11 is 0. The van der Waals surface area contributed by atoms with Gasteiger partial charge in [-0.1, -0.05) is 37.1 Å². The van der Waals surface area contributed by atoms with Gasteiger partial charge in [-0.15, -0.1) is 5.92 Å². The van der Waals surface area contributed by atoms with E-state index in [0.29, 0.717) is 0 Å². The Morgan fingerprint density at radius 3 is 3.00 bits per heavy atom. The molecule has 0 aromatic rings. The largest absolute Gasteiger partial charge is 0.380 e. The molecule has 1 nitrogen and oxygen atoms in total. The van der Waals surface area contributed by atoms with E-state index in [4.69, 9.17) is 0 Å². The number of rotatable bonds is 1. The van der Waals surface area contributed by atoms with Gasteiger partial charge in [-0.05, 0) is 6.42 Å². The minimum absolute atomic E-state index is 0.189. The van der Waals surface area contributed by atoms with Gasteiger partial charge in [0.1, 0.15) is 6.10 Å². The highest BCUT2D eigenvalue weighted by Crippen LogP contribution is 2.15. The Balaban J connectivity index is 2.47. The van der Waals surface area contributed by atoms with E-state index >= 15 is 0 Å². The van der Waals surface area contributed by atoms with Gasteiger partial charge in [0, 0.05) is 12.3 Å². The van der Waals surface area contributed by atoms with Crippen LogP contribution in [0.15, 0.2) is 24.3 Å². The van der Waals surface area contributed by atoms with Gasteiger partial charge in [-0.3, -0.25) is 0 Å².